The second-order valence-corrected chi connectivity index (χ2v) is 12.6. The van der Waals surface area contributed by atoms with Crippen molar-refractivity contribution in [1.82, 2.24) is 15.9 Å². The Hall–Kier alpha value is -4.62. The summed E-state index contributed by atoms with van der Waals surface area (Å²) in [7, 11) is -4.16. The molecule has 1 atom stereocenters. The first-order chi connectivity index (χ1) is 19.5. The van der Waals surface area contributed by atoms with Crippen LogP contribution in [0.4, 0.5) is 0 Å². The average Bonchev–Trinajstić information content (AvgIpc) is 3.43. The summed E-state index contributed by atoms with van der Waals surface area (Å²) in [5.74, 6) is 5.75. The maximum Gasteiger partial charge on any atom is 0.376 e. The summed E-state index contributed by atoms with van der Waals surface area (Å²) in [6.07, 6.45) is 4.81. The molecule has 1 aliphatic heterocycles. The summed E-state index contributed by atoms with van der Waals surface area (Å²) in [4.78, 5) is 17.9. The molecule has 1 unspecified atom stereocenters. The maximum atomic E-state index is 13.9. The quantitative estimate of drug-likeness (QED) is 0.197. The number of para-hydroxylation sites is 1. The van der Waals surface area contributed by atoms with Crippen LogP contribution in [-0.2, 0) is 10.0 Å². The van der Waals surface area contributed by atoms with Crippen molar-refractivity contribution in [2.75, 3.05) is 0 Å². The SMILES string of the molecule is Cc1ccc(C(=O)NN[N+]2(S(=O)(=O)c3ccccc3)N=CC=C2C(C)(C)C)cc1C#Cc1cnc2ccccc2c1. The van der Waals surface area contributed by atoms with Gasteiger partial charge in [0, 0.05) is 43.9 Å². The fraction of sp³-hybridized carbons (Fsp3) is 0.156. The van der Waals surface area contributed by atoms with Crippen molar-refractivity contribution in [3.05, 3.63) is 119 Å². The molecule has 0 radical (unpaired) electrons. The lowest BCUT2D eigenvalue weighted by atomic mass is 9.92. The second kappa shape index (κ2) is 10.7. The number of carbonyl (C=O) groups excluding carboxylic acids is 1. The Morgan fingerprint density at radius 3 is 2.41 bits per heavy atom. The van der Waals surface area contributed by atoms with Crippen molar-refractivity contribution in [2.24, 2.45) is 10.5 Å². The summed E-state index contributed by atoms with van der Waals surface area (Å²) in [6, 6.07) is 23.0. The van der Waals surface area contributed by atoms with Gasteiger partial charge < -0.3 is 0 Å². The number of nitrogens with one attached hydrogen (secondary N) is 2. The number of hydrogen-bond donors (Lipinski definition) is 2. The molecule has 2 heterocycles. The summed E-state index contributed by atoms with van der Waals surface area (Å²) >= 11 is 0. The third-order valence-electron chi connectivity index (χ3n) is 6.70. The zero-order valence-electron chi connectivity index (χ0n) is 23.2. The summed E-state index contributed by atoms with van der Waals surface area (Å²) in [5.41, 5.74) is 8.70. The molecule has 0 saturated heterocycles. The van der Waals surface area contributed by atoms with Crippen LogP contribution in [0.2, 0.25) is 0 Å². The van der Waals surface area contributed by atoms with Gasteiger partial charge in [-0.1, -0.05) is 75.1 Å². The van der Waals surface area contributed by atoms with Crippen molar-refractivity contribution in [2.45, 2.75) is 32.6 Å². The van der Waals surface area contributed by atoms with Crippen LogP contribution in [-0.4, -0.2) is 29.6 Å². The van der Waals surface area contributed by atoms with Gasteiger partial charge in [-0.05, 0) is 59.5 Å². The number of hydrazine groups is 1. The van der Waals surface area contributed by atoms with E-state index in [2.05, 4.69) is 32.9 Å². The molecule has 5 rings (SSSR count). The molecular weight excluding hydrogens is 534 g/mol. The number of allylic oxidation sites excluding steroid dienone is 2. The van der Waals surface area contributed by atoms with E-state index in [1.54, 1.807) is 48.7 Å². The number of aryl methyl sites for hydroxylation is 1. The number of fused-ring (bicyclic) bond motifs is 1. The molecule has 4 aromatic rings. The van der Waals surface area contributed by atoms with Crippen LogP contribution in [0, 0.1) is 24.2 Å². The second-order valence-electron chi connectivity index (χ2n) is 10.7. The first-order valence-electron chi connectivity index (χ1n) is 13.0. The Balaban J connectivity index is 1.43. The lowest BCUT2D eigenvalue weighted by Gasteiger charge is -2.34. The van der Waals surface area contributed by atoms with Gasteiger partial charge in [-0.2, -0.15) is 8.42 Å². The minimum Gasteiger partial charge on any atom is -0.268 e. The molecule has 0 spiro atoms. The minimum absolute atomic E-state index is 0.0621. The van der Waals surface area contributed by atoms with Crippen LogP contribution < -0.4 is 11.0 Å². The number of hydrogen-bond acceptors (Lipinski definition) is 6. The van der Waals surface area contributed by atoms with Crippen molar-refractivity contribution >= 4 is 33.0 Å². The molecule has 8 nitrogen and oxygen atoms in total. The van der Waals surface area contributed by atoms with Gasteiger partial charge in [0.1, 0.15) is 4.90 Å². The first kappa shape index (κ1) is 27.9. The summed E-state index contributed by atoms with van der Waals surface area (Å²) in [6.45, 7) is 7.58. The van der Waals surface area contributed by atoms with E-state index in [4.69, 9.17) is 0 Å². The zero-order chi connectivity index (χ0) is 29.3. The molecule has 0 fully saturated rings. The molecule has 2 N–H and O–H groups in total. The number of pyridine rings is 1. The lowest BCUT2D eigenvalue weighted by molar-refractivity contribution is -0.830. The molecule has 3 aromatic carbocycles. The number of benzene rings is 3. The Morgan fingerprint density at radius 2 is 1.66 bits per heavy atom. The number of quaternary nitrogens is 1. The van der Waals surface area contributed by atoms with Crippen molar-refractivity contribution in [1.29, 1.82) is 0 Å². The Bertz CT molecular complexity index is 1880. The molecule has 1 aliphatic rings. The monoisotopic (exact) mass is 564 g/mol. The standard InChI is InChI=1S/C32H29N5O3S/c1-23-14-16-27(21-25(23)17-15-24-20-26-10-8-9-13-29(26)33-22-24)31(38)35-36-37(30(18-19-34-37)32(2,3)4)41(39,40)28-11-6-5-7-12-28/h5-14,16,18-22,36H,1-4H3/p+1. The van der Waals surface area contributed by atoms with Gasteiger partial charge in [-0.3, -0.25) is 9.78 Å². The van der Waals surface area contributed by atoms with Crippen LogP contribution in [0.5, 0.6) is 0 Å². The van der Waals surface area contributed by atoms with Crippen LogP contribution in [0.1, 0.15) is 47.8 Å². The largest absolute Gasteiger partial charge is 0.376 e. The van der Waals surface area contributed by atoms with Crippen molar-refractivity contribution in [3.63, 3.8) is 0 Å². The predicted octanol–water partition coefficient (Wildman–Crippen LogP) is 5.23. The third-order valence-corrected chi connectivity index (χ3v) is 8.64. The van der Waals surface area contributed by atoms with Gasteiger partial charge in [0.2, 0.25) is 0 Å². The van der Waals surface area contributed by atoms with Gasteiger partial charge in [-0.15, -0.1) is 0 Å². The van der Waals surface area contributed by atoms with Crippen LogP contribution in [0.15, 0.2) is 107 Å². The highest BCUT2D eigenvalue weighted by atomic mass is 32.2. The average molecular weight is 565 g/mol. The smallest absolute Gasteiger partial charge is 0.268 e. The van der Waals surface area contributed by atoms with Gasteiger partial charge in [0.25, 0.3) is 5.91 Å². The summed E-state index contributed by atoms with van der Waals surface area (Å²) < 4.78 is 26.9. The molecule has 206 valence electrons. The number of rotatable bonds is 5. The van der Waals surface area contributed by atoms with Gasteiger partial charge in [0.05, 0.1) is 11.7 Å². The Kier molecular flexibility index (Phi) is 7.32. The summed E-state index contributed by atoms with van der Waals surface area (Å²) in [5, 5.41) is 5.31. The van der Waals surface area contributed by atoms with Crippen LogP contribution >= 0.6 is 0 Å². The third kappa shape index (κ3) is 5.41. The number of sulfonamides is 1. The molecule has 41 heavy (non-hydrogen) atoms. The normalized spacial score (nSPS) is 16.6. The highest BCUT2D eigenvalue weighted by Crippen LogP contribution is 2.40. The molecule has 0 saturated carbocycles. The minimum atomic E-state index is -4.16. The lowest BCUT2D eigenvalue weighted by Crippen LogP contribution is -2.63. The number of carbonyl (C=O) groups is 1. The zero-order valence-corrected chi connectivity index (χ0v) is 24.0. The molecule has 9 heteroatoms. The fourth-order valence-electron chi connectivity index (χ4n) is 4.53. The van der Waals surface area contributed by atoms with Crippen molar-refractivity contribution in [3.8, 4) is 11.8 Å². The van der Waals surface area contributed by atoms with E-state index in [0.717, 1.165) is 22.0 Å². The first-order valence-corrected chi connectivity index (χ1v) is 14.5. The van der Waals surface area contributed by atoms with E-state index in [1.165, 1.54) is 18.3 Å². The number of aromatic nitrogens is 1. The molecular formula is C32H30N5O3S+. The number of nitrogens with zero attached hydrogens (tertiary/aromatic N) is 3. The van der Waals surface area contributed by atoms with E-state index < -0.39 is 25.5 Å². The van der Waals surface area contributed by atoms with Gasteiger partial charge in [0.15, 0.2) is 5.70 Å². The van der Waals surface area contributed by atoms with Crippen LogP contribution in [0.25, 0.3) is 10.9 Å². The van der Waals surface area contributed by atoms with E-state index in [9.17, 15) is 13.2 Å². The highest BCUT2D eigenvalue weighted by molar-refractivity contribution is 7.86. The topological polar surface area (TPSA) is 101 Å². The van der Waals surface area contributed by atoms with Crippen molar-refractivity contribution < 1.29 is 17.3 Å². The Morgan fingerprint density at radius 1 is 0.927 bits per heavy atom. The molecule has 1 amide bonds. The van der Waals surface area contributed by atoms with Crippen LogP contribution in [0.3, 0.4) is 0 Å². The maximum absolute atomic E-state index is 13.9. The molecule has 0 bridgehead atoms. The van der Waals surface area contributed by atoms with Gasteiger partial charge >= 0.3 is 10.0 Å². The molecule has 0 aliphatic carbocycles. The molecule has 1 aromatic heterocycles. The Labute approximate surface area is 240 Å². The van der Waals surface area contributed by atoms with E-state index in [-0.39, 0.29) is 4.90 Å². The predicted molar refractivity (Wildman–Crippen MR) is 159 cm³/mol. The highest BCUT2D eigenvalue weighted by Gasteiger charge is 2.55. The van der Waals surface area contributed by atoms with E-state index in [0.29, 0.717) is 16.8 Å². The van der Waals surface area contributed by atoms with Gasteiger partial charge in [-0.25, -0.2) is 5.43 Å². The fourth-order valence-corrected chi connectivity index (χ4v) is 6.27. The van der Waals surface area contributed by atoms with E-state index in [1.807, 2.05) is 58.0 Å². The van der Waals surface area contributed by atoms with E-state index >= 15 is 0 Å². The number of amides is 1.